The molecule has 0 bridgehead atoms. The summed E-state index contributed by atoms with van der Waals surface area (Å²) in [7, 11) is 0. The Morgan fingerprint density at radius 3 is 2.59 bits per heavy atom. The normalized spacial score (nSPS) is 15.3. The van der Waals surface area contributed by atoms with Gasteiger partial charge in [-0.25, -0.2) is 4.79 Å². The molecule has 1 atom stereocenters. The van der Waals surface area contributed by atoms with Crippen molar-refractivity contribution >= 4 is 34.3 Å². The minimum absolute atomic E-state index is 0.297. The number of benzene rings is 1. The SMILES string of the molecule is CCOC(=O)c1c(NC(=O)/C=C/c2ccc(OCC)c(OCC)c2)sc2c1CCC(C)C2. The van der Waals surface area contributed by atoms with E-state index in [0.29, 0.717) is 47.8 Å². The van der Waals surface area contributed by atoms with Crippen LogP contribution in [0, 0.1) is 5.92 Å². The molecule has 32 heavy (non-hydrogen) atoms. The molecule has 1 amide bonds. The molecule has 0 aliphatic heterocycles. The van der Waals surface area contributed by atoms with Crippen molar-refractivity contribution in [3.63, 3.8) is 0 Å². The number of thiophene rings is 1. The lowest BCUT2D eigenvalue weighted by Gasteiger charge is -2.18. The quantitative estimate of drug-likeness (QED) is 0.398. The number of fused-ring (bicyclic) bond motifs is 1. The van der Waals surface area contributed by atoms with Crippen LogP contribution >= 0.6 is 11.3 Å². The van der Waals surface area contributed by atoms with Gasteiger partial charge in [-0.3, -0.25) is 4.79 Å². The number of anilines is 1. The predicted molar refractivity (Wildman–Crippen MR) is 128 cm³/mol. The van der Waals surface area contributed by atoms with Gasteiger partial charge in [0.2, 0.25) is 5.91 Å². The maximum absolute atomic E-state index is 12.7. The zero-order chi connectivity index (χ0) is 23.1. The Morgan fingerprint density at radius 1 is 1.12 bits per heavy atom. The van der Waals surface area contributed by atoms with Crippen LogP contribution in [0.25, 0.3) is 6.08 Å². The Bertz CT molecular complexity index is 994. The Balaban J connectivity index is 1.79. The van der Waals surface area contributed by atoms with Crippen LogP contribution in [0.4, 0.5) is 5.00 Å². The number of esters is 1. The molecular formula is C25H31NO5S. The van der Waals surface area contributed by atoms with E-state index in [9.17, 15) is 9.59 Å². The highest BCUT2D eigenvalue weighted by atomic mass is 32.1. The van der Waals surface area contributed by atoms with Crippen LogP contribution in [0.1, 0.15) is 60.5 Å². The molecule has 1 aromatic carbocycles. The predicted octanol–water partition coefficient (Wildman–Crippen LogP) is 5.50. The number of hydrogen-bond donors (Lipinski definition) is 1. The molecule has 0 fully saturated rings. The van der Waals surface area contributed by atoms with E-state index in [0.717, 1.165) is 30.4 Å². The molecule has 0 saturated heterocycles. The Hall–Kier alpha value is -2.80. The van der Waals surface area contributed by atoms with Crippen LogP contribution in [0.2, 0.25) is 0 Å². The topological polar surface area (TPSA) is 73.9 Å². The van der Waals surface area contributed by atoms with E-state index in [4.69, 9.17) is 14.2 Å². The smallest absolute Gasteiger partial charge is 0.341 e. The Morgan fingerprint density at radius 2 is 1.88 bits per heavy atom. The molecule has 172 valence electrons. The second-order valence-electron chi connectivity index (χ2n) is 7.67. The summed E-state index contributed by atoms with van der Waals surface area (Å²) in [6.07, 6.45) is 5.96. The second kappa shape index (κ2) is 11.2. The average Bonchev–Trinajstić information content (AvgIpc) is 3.11. The summed E-state index contributed by atoms with van der Waals surface area (Å²) in [5.41, 5.74) is 2.36. The summed E-state index contributed by atoms with van der Waals surface area (Å²) < 4.78 is 16.5. The van der Waals surface area contributed by atoms with Gasteiger partial charge in [0.1, 0.15) is 5.00 Å². The molecule has 6 nitrogen and oxygen atoms in total. The molecule has 0 radical (unpaired) electrons. The maximum atomic E-state index is 12.7. The van der Waals surface area contributed by atoms with E-state index >= 15 is 0 Å². The first-order valence-electron chi connectivity index (χ1n) is 11.2. The third kappa shape index (κ3) is 5.71. The van der Waals surface area contributed by atoms with Crippen molar-refractivity contribution in [2.45, 2.75) is 47.0 Å². The molecule has 1 aromatic heterocycles. The van der Waals surface area contributed by atoms with Crippen molar-refractivity contribution in [1.29, 1.82) is 0 Å². The zero-order valence-electron chi connectivity index (χ0n) is 19.2. The van der Waals surface area contributed by atoms with E-state index in [1.165, 1.54) is 22.3 Å². The van der Waals surface area contributed by atoms with Crippen molar-refractivity contribution in [3.05, 3.63) is 45.8 Å². The number of nitrogens with one attached hydrogen (secondary N) is 1. The monoisotopic (exact) mass is 457 g/mol. The fourth-order valence-electron chi connectivity index (χ4n) is 3.75. The van der Waals surface area contributed by atoms with Gasteiger partial charge in [0.05, 0.1) is 25.4 Å². The first-order valence-corrected chi connectivity index (χ1v) is 12.0. The summed E-state index contributed by atoms with van der Waals surface area (Å²) in [5.74, 6) is 1.22. The molecule has 1 aliphatic carbocycles. The highest BCUT2D eigenvalue weighted by molar-refractivity contribution is 7.17. The van der Waals surface area contributed by atoms with Crippen LogP contribution < -0.4 is 14.8 Å². The number of amides is 1. The van der Waals surface area contributed by atoms with Crippen molar-refractivity contribution < 1.29 is 23.8 Å². The van der Waals surface area contributed by atoms with E-state index in [-0.39, 0.29) is 11.9 Å². The fourth-order valence-corrected chi connectivity index (χ4v) is 5.16. The fraction of sp³-hybridized carbons (Fsp3) is 0.440. The molecule has 2 aromatic rings. The lowest BCUT2D eigenvalue weighted by molar-refractivity contribution is -0.111. The molecule has 7 heteroatoms. The molecule has 0 spiro atoms. The van der Waals surface area contributed by atoms with Crippen LogP contribution in [0.5, 0.6) is 11.5 Å². The first kappa shape index (κ1) is 23.9. The van der Waals surface area contributed by atoms with E-state index < -0.39 is 0 Å². The standard InChI is InChI=1S/C25H31NO5S/c1-5-29-19-12-9-17(15-20(19)30-6-2)10-13-22(27)26-24-23(25(28)31-7-3)18-11-8-16(4)14-21(18)32-24/h9-10,12-13,15-16H,5-8,11,14H2,1-4H3,(H,26,27)/b13-10+. The van der Waals surface area contributed by atoms with Crippen molar-refractivity contribution in [3.8, 4) is 11.5 Å². The van der Waals surface area contributed by atoms with Crippen LogP contribution in [-0.2, 0) is 22.4 Å². The molecule has 1 unspecified atom stereocenters. The number of rotatable bonds is 9. The molecular weight excluding hydrogens is 426 g/mol. The van der Waals surface area contributed by atoms with Crippen molar-refractivity contribution in [2.75, 3.05) is 25.1 Å². The number of hydrogen-bond acceptors (Lipinski definition) is 6. The van der Waals surface area contributed by atoms with Crippen molar-refractivity contribution in [2.24, 2.45) is 5.92 Å². The summed E-state index contributed by atoms with van der Waals surface area (Å²) in [6.45, 7) is 9.19. The number of ether oxygens (including phenoxy) is 3. The summed E-state index contributed by atoms with van der Waals surface area (Å²) >= 11 is 1.48. The average molecular weight is 458 g/mol. The van der Waals surface area contributed by atoms with Crippen LogP contribution in [-0.4, -0.2) is 31.7 Å². The summed E-state index contributed by atoms with van der Waals surface area (Å²) in [5, 5.41) is 3.47. The minimum Gasteiger partial charge on any atom is -0.490 e. The second-order valence-corrected chi connectivity index (χ2v) is 8.78. The first-order chi connectivity index (χ1) is 15.5. The summed E-state index contributed by atoms with van der Waals surface area (Å²) in [6, 6.07) is 5.54. The Kier molecular flexibility index (Phi) is 8.33. The minimum atomic E-state index is -0.369. The molecule has 1 heterocycles. The van der Waals surface area contributed by atoms with Gasteiger partial charge in [0.15, 0.2) is 11.5 Å². The maximum Gasteiger partial charge on any atom is 0.341 e. The molecule has 1 aliphatic rings. The lowest BCUT2D eigenvalue weighted by Crippen LogP contribution is -2.15. The van der Waals surface area contributed by atoms with Gasteiger partial charge in [-0.05, 0) is 75.3 Å². The van der Waals surface area contributed by atoms with E-state index in [2.05, 4.69) is 12.2 Å². The van der Waals surface area contributed by atoms with Gasteiger partial charge >= 0.3 is 5.97 Å². The van der Waals surface area contributed by atoms with Crippen LogP contribution in [0.15, 0.2) is 24.3 Å². The highest BCUT2D eigenvalue weighted by Gasteiger charge is 2.28. The largest absolute Gasteiger partial charge is 0.490 e. The van der Waals surface area contributed by atoms with Gasteiger partial charge in [0, 0.05) is 11.0 Å². The van der Waals surface area contributed by atoms with Gasteiger partial charge < -0.3 is 19.5 Å². The zero-order valence-corrected chi connectivity index (χ0v) is 20.0. The Labute approximate surface area is 193 Å². The number of carbonyl (C=O) groups is 2. The van der Waals surface area contributed by atoms with Gasteiger partial charge in [-0.2, -0.15) is 0 Å². The summed E-state index contributed by atoms with van der Waals surface area (Å²) in [4.78, 5) is 26.5. The van der Waals surface area contributed by atoms with Crippen LogP contribution in [0.3, 0.4) is 0 Å². The van der Waals surface area contributed by atoms with Gasteiger partial charge in [-0.1, -0.05) is 13.0 Å². The lowest BCUT2D eigenvalue weighted by atomic mass is 9.88. The number of carbonyl (C=O) groups excluding carboxylic acids is 2. The van der Waals surface area contributed by atoms with Gasteiger partial charge in [0.25, 0.3) is 0 Å². The van der Waals surface area contributed by atoms with Gasteiger partial charge in [-0.15, -0.1) is 11.3 Å². The highest BCUT2D eigenvalue weighted by Crippen LogP contribution is 2.40. The molecule has 0 saturated carbocycles. The third-order valence-electron chi connectivity index (χ3n) is 5.22. The molecule has 1 N–H and O–H groups in total. The molecule has 3 rings (SSSR count). The third-order valence-corrected chi connectivity index (χ3v) is 6.39. The van der Waals surface area contributed by atoms with Crippen molar-refractivity contribution in [1.82, 2.24) is 0 Å². The van der Waals surface area contributed by atoms with E-state index in [1.807, 2.05) is 32.0 Å². The van der Waals surface area contributed by atoms with E-state index in [1.54, 1.807) is 13.0 Å².